The zero-order valence-corrected chi connectivity index (χ0v) is 15.5. The van der Waals surface area contributed by atoms with E-state index in [1.807, 2.05) is 6.07 Å². The summed E-state index contributed by atoms with van der Waals surface area (Å²) in [6.07, 6.45) is 1.52. The first-order valence-electron chi connectivity index (χ1n) is 9.70. The number of carbonyl (C=O) groups is 1. The molecule has 2 saturated heterocycles. The Morgan fingerprint density at radius 3 is 2.54 bits per heavy atom. The number of nitrogens with one attached hydrogen (secondary N) is 2. The molecule has 8 heteroatoms. The number of benzene rings is 1. The number of hydrogen-bond acceptors (Lipinski definition) is 7. The van der Waals surface area contributed by atoms with Crippen molar-refractivity contribution in [3.63, 3.8) is 0 Å². The van der Waals surface area contributed by atoms with Crippen LogP contribution in [0.1, 0.15) is 37.2 Å². The molecule has 3 heterocycles. The Bertz CT molecular complexity index is 935. The van der Waals surface area contributed by atoms with E-state index in [0.717, 1.165) is 24.8 Å². The number of carbonyl (C=O) groups excluding carboxylic acids is 1. The summed E-state index contributed by atoms with van der Waals surface area (Å²) >= 11 is 0. The van der Waals surface area contributed by atoms with Crippen LogP contribution < -0.4 is 15.8 Å². The van der Waals surface area contributed by atoms with Crippen LogP contribution in [0.3, 0.4) is 0 Å². The highest BCUT2D eigenvalue weighted by Crippen LogP contribution is 2.41. The van der Waals surface area contributed by atoms with Crippen LogP contribution in [0, 0.1) is 5.92 Å². The van der Waals surface area contributed by atoms with Gasteiger partial charge in [-0.15, -0.1) is 0 Å². The maximum Gasteiger partial charge on any atom is 0.258 e. The van der Waals surface area contributed by atoms with Crippen molar-refractivity contribution in [3.8, 4) is 5.88 Å². The molecule has 0 aliphatic carbocycles. The summed E-state index contributed by atoms with van der Waals surface area (Å²) in [6, 6.07) is 5.42. The van der Waals surface area contributed by atoms with Crippen molar-refractivity contribution in [2.24, 2.45) is 5.92 Å². The highest BCUT2D eigenvalue weighted by molar-refractivity contribution is 5.98. The third kappa shape index (κ3) is 3.28. The monoisotopic (exact) mass is 387 g/mol. The van der Waals surface area contributed by atoms with Gasteiger partial charge in [0, 0.05) is 46.9 Å². The maximum absolute atomic E-state index is 12.5. The van der Waals surface area contributed by atoms with Crippen LogP contribution in [-0.2, 0) is 4.79 Å². The predicted octanol–water partition coefficient (Wildman–Crippen LogP) is 0.753. The molecule has 0 radical (unpaired) electrons. The molecule has 1 aromatic carbocycles. The molecule has 0 spiro atoms. The largest absolute Gasteiger partial charge is 0.494 e. The van der Waals surface area contributed by atoms with Gasteiger partial charge >= 0.3 is 0 Å². The Kier molecular flexibility index (Phi) is 5.09. The van der Waals surface area contributed by atoms with Crippen LogP contribution in [-0.4, -0.2) is 52.1 Å². The molecule has 150 valence electrons. The average molecular weight is 387 g/mol. The van der Waals surface area contributed by atoms with Crippen LogP contribution in [0.15, 0.2) is 23.0 Å². The average Bonchev–Trinajstić information content (AvgIpc) is 2.69. The van der Waals surface area contributed by atoms with Gasteiger partial charge in [-0.05, 0) is 37.8 Å². The van der Waals surface area contributed by atoms with Crippen molar-refractivity contribution >= 4 is 22.7 Å². The van der Waals surface area contributed by atoms with Gasteiger partial charge in [0.05, 0.1) is 0 Å². The molecular formula is C20H25N3O5. The Morgan fingerprint density at radius 1 is 1.11 bits per heavy atom. The summed E-state index contributed by atoms with van der Waals surface area (Å²) in [4.78, 5) is 28.2. The molecule has 4 rings (SSSR count). The predicted molar refractivity (Wildman–Crippen MR) is 104 cm³/mol. The second-order valence-corrected chi connectivity index (χ2v) is 7.69. The van der Waals surface area contributed by atoms with Crippen LogP contribution in [0.25, 0.3) is 10.8 Å². The van der Waals surface area contributed by atoms with Crippen molar-refractivity contribution in [1.29, 1.82) is 0 Å². The molecule has 2 fully saturated rings. The molecule has 3 atom stereocenters. The molecule has 0 bridgehead atoms. The van der Waals surface area contributed by atoms with Crippen LogP contribution in [0.4, 0.5) is 5.69 Å². The molecule has 2 aliphatic rings. The first-order valence-corrected chi connectivity index (χ1v) is 9.70. The second-order valence-electron chi connectivity index (χ2n) is 7.69. The topological polar surface area (TPSA) is 126 Å². The van der Waals surface area contributed by atoms with Crippen LogP contribution in [0.5, 0.6) is 5.88 Å². The van der Waals surface area contributed by atoms with Crippen molar-refractivity contribution in [3.05, 3.63) is 34.1 Å². The zero-order chi connectivity index (χ0) is 19.8. The zero-order valence-electron chi connectivity index (χ0n) is 15.5. The summed E-state index contributed by atoms with van der Waals surface area (Å²) in [5.74, 6) is -0.681. The van der Waals surface area contributed by atoms with Gasteiger partial charge in [-0.25, -0.2) is 0 Å². The van der Waals surface area contributed by atoms with Gasteiger partial charge < -0.3 is 25.0 Å². The summed E-state index contributed by atoms with van der Waals surface area (Å²) in [5.41, 5.74) is 0.908. The van der Waals surface area contributed by atoms with E-state index >= 15 is 0 Å². The number of rotatable bonds is 3. The number of aromatic nitrogens is 1. The summed E-state index contributed by atoms with van der Waals surface area (Å²) in [6.45, 7) is 1.36. The van der Waals surface area contributed by atoms with E-state index in [1.54, 1.807) is 12.1 Å². The smallest absolute Gasteiger partial charge is 0.258 e. The lowest BCUT2D eigenvalue weighted by molar-refractivity contribution is -0.111. The highest BCUT2D eigenvalue weighted by Gasteiger charge is 2.34. The number of aromatic amines is 1. The van der Waals surface area contributed by atoms with Gasteiger partial charge in [-0.2, -0.15) is 0 Å². The van der Waals surface area contributed by atoms with Crippen LogP contribution in [0.2, 0.25) is 0 Å². The number of pyridine rings is 1. The van der Waals surface area contributed by atoms with Gasteiger partial charge in [0.25, 0.3) is 5.56 Å². The van der Waals surface area contributed by atoms with Crippen molar-refractivity contribution < 1.29 is 20.1 Å². The van der Waals surface area contributed by atoms with Crippen molar-refractivity contribution in [2.45, 2.75) is 44.1 Å². The number of aliphatic hydroxyl groups excluding tert-OH is 2. The lowest BCUT2D eigenvalue weighted by Crippen LogP contribution is -2.46. The van der Waals surface area contributed by atoms with E-state index in [-0.39, 0.29) is 17.4 Å². The number of hydrogen-bond donors (Lipinski definition) is 5. The van der Waals surface area contributed by atoms with E-state index in [9.17, 15) is 24.9 Å². The molecule has 8 nitrogen and oxygen atoms in total. The number of fused-ring (bicyclic) bond motifs is 1. The lowest BCUT2D eigenvalue weighted by atomic mass is 9.86. The van der Waals surface area contributed by atoms with E-state index in [1.165, 1.54) is 0 Å². The number of piperidine rings is 2. The Labute approximate surface area is 161 Å². The summed E-state index contributed by atoms with van der Waals surface area (Å²) in [7, 11) is 0. The molecule has 28 heavy (non-hydrogen) atoms. The first-order chi connectivity index (χ1) is 13.5. The summed E-state index contributed by atoms with van der Waals surface area (Å²) in [5, 5.41) is 34.6. The summed E-state index contributed by atoms with van der Waals surface area (Å²) < 4.78 is 0. The van der Waals surface area contributed by atoms with Gasteiger partial charge in [-0.1, -0.05) is 6.07 Å². The molecule has 2 aromatic rings. The SMILES string of the molecule is O=CC1CCN(c2cccc3c(=O)[nH]c(O)c(C4CCC(O)NC4O)c23)CC1. The number of nitrogens with zero attached hydrogens (tertiary/aromatic N) is 1. The number of aliphatic hydroxyl groups is 2. The third-order valence-electron chi connectivity index (χ3n) is 5.98. The van der Waals surface area contributed by atoms with Gasteiger partial charge in [0.2, 0.25) is 0 Å². The highest BCUT2D eigenvalue weighted by atomic mass is 16.3. The number of aldehydes is 1. The fourth-order valence-corrected chi connectivity index (χ4v) is 4.47. The Morgan fingerprint density at radius 2 is 1.86 bits per heavy atom. The van der Waals surface area contributed by atoms with Crippen molar-refractivity contribution in [2.75, 3.05) is 18.0 Å². The minimum Gasteiger partial charge on any atom is -0.494 e. The molecule has 0 saturated carbocycles. The Balaban J connectivity index is 1.85. The molecule has 3 unspecified atom stereocenters. The van der Waals surface area contributed by atoms with E-state index < -0.39 is 18.4 Å². The molecule has 5 N–H and O–H groups in total. The van der Waals surface area contributed by atoms with Crippen LogP contribution >= 0.6 is 0 Å². The lowest BCUT2D eigenvalue weighted by Gasteiger charge is -2.35. The first kappa shape index (κ1) is 18.9. The number of anilines is 1. The Hall–Kier alpha value is -2.42. The number of aromatic hydroxyl groups is 1. The minimum atomic E-state index is -1.04. The van der Waals surface area contributed by atoms with Gasteiger partial charge in [0.1, 0.15) is 18.7 Å². The molecular weight excluding hydrogens is 362 g/mol. The molecule has 0 amide bonds. The quantitative estimate of drug-likeness (QED) is 0.492. The van der Waals surface area contributed by atoms with Gasteiger partial charge in [-0.3, -0.25) is 15.1 Å². The molecule has 2 aliphatic heterocycles. The van der Waals surface area contributed by atoms with E-state index in [0.29, 0.717) is 42.3 Å². The van der Waals surface area contributed by atoms with Gasteiger partial charge in [0.15, 0.2) is 5.88 Å². The maximum atomic E-state index is 12.5. The second kappa shape index (κ2) is 7.54. The normalized spacial score (nSPS) is 26.5. The third-order valence-corrected chi connectivity index (χ3v) is 5.98. The fraction of sp³-hybridized carbons (Fsp3) is 0.500. The fourth-order valence-electron chi connectivity index (χ4n) is 4.47. The minimum absolute atomic E-state index is 0.0494. The standard InChI is InChI=1S/C20H25N3O5/c24-10-11-6-8-23(9-7-11)14-3-1-2-12-16(14)17(20(28)22-19(12)27)13-4-5-15(25)21-18(13)26/h1-3,10-11,13,15,18,21,25-26H,4-9H2,(H2,22,27,28). The molecule has 1 aromatic heterocycles. The van der Waals surface area contributed by atoms with Crippen molar-refractivity contribution in [1.82, 2.24) is 10.3 Å². The van der Waals surface area contributed by atoms with E-state index in [2.05, 4.69) is 15.2 Å². The van der Waals surface area contributed by atoms with E-state index in [4.69, 9.17) is 0 Å². The number of H-pyrrole nitrogens is 1.